The number of anilines is 1. The zero-order valence-electron chi connectivity index (χ0n) is 14.3. The maximum absolute atomic E-state index is 12.7. The van der Waals surface area contributed by atoms with Crippen LogP contribution in [-0.2, 0) is 4.79 Å². The molecule has 2 aromatic rings. The van der Waals surface area contributed by atoms with Crippen LogP contribution in [-0.4, -0.2) is 42.0 Å². The van der Waals surface area contributed by atoms with E-state index in [4.69, 9.17) is 11.6 Å². The van der Waals surface area contributed by atoms with Crippen LogP contribution in [0, 0.1) is 0 Å². The van der Waals surface area contributed by atoms with Crippen molar-refractivity contribution in [1.82, 2.24) is 10.2 Å². The normalized spacial score (nSPS) is 18.9. The Hall–Kier alpha value is -2.53. The number of hydrogen-bond acceptors (Lipinski definition) is 3. The molecule has 2 aromatic carbocycles. The molecule has 134 valence electrons. The molecule has 0 unspecified atom stereocenters. The summed E-state index contributed by atoms with van der Waals surface area (Å²) in [6, 6.07) is 16.9. The molecule has 6 heteroatoms. The molecule has 5 nitrogen and oxygen atoms in total. The van der Waals surface area contributed by atoms with E-state index in [2.05, 4.69) is 10.2 Å². The van der Waals surface area contributed by atoms with E-state index in [9.17, 15) is 9.59 Å². The Kier molecular flexibility index (Phi) is 4.32. The first-order valence-electron chi connectivity index (χ1n) is 8.76. The van der Waals surface area contributed by atoms with Crippen LogP contribution >= 0.6 is 11.6 Å². The first-order valence-corrected chi connectivity index (χ1v) is 9.14. The highest BCUT2D eigenvalue weighted by Crippen LogP contribution is 2.36. The second-order valence-corrected chi connectivity index (χ2v) is 7.19. The number of rotatable bonds is 2. The predicted octanol–water partition coefficient (Wildman–Crippen LogP) is 2.91. The topological polar surface area (TPSA) is 52.7 Å². The summed E-state index contributed by atoms with van der Waals surface area (Å²) in [5.74, 6) is 0.0427. The van der Waals surface area contributed by atoms with E-state index < -0.39 is 5.54 Å². The van der Waals surface area contributed by atoms with Gasteiger partial charge < -0.3 is 15.1 Å². The first-order chi connectivity index (χ1) is 12.6. The standard InChI is InChI=1S/C20H20ClN3O2/c21-16-8-6-15(7-9-16)18(25)23-12-10-20(11-13-23)19(26)22-14-24(20)17-4-2-1-3-5-17/h1-9H,10-14H2,(H,22,26). The molecule has 0 aromatic heterocycles. The molecule has 0 atom stereocenters. The molecule has 0 aliphatic carbocycles. The number of benzene rings is 2. The molecular weight excluding hydrogens is 350 g/mol. The average molecular weight is 370 g/mol. The molecule has 0 bridgehead atoms. The summed E-state index contributed by atoms with van der Waals surface area (Å²) in [5, 5.41) is 3.59. The quantitative estimate of drug-likeness (QED) is 0.885. The lowest BCUT2D eigenvalue weighted by atomic mass is 9.85. The van der Waals surface area contributed by atoms with Gasteiger partial charge in [-0.05, 0) is 49.2 Å². The van der Waals surface area contributed by atoms with Crippen LogP contribution in [0.4, 0.5) is 5.69 Å². The molecule has 0 saturated carbocycles. The highest BCUT2D eigenvalue weighted by atomic mass is 35.5. The summed E-state index contributed by atoms with van der Waals surface area (Å²) in [6.07, 6.45) is 1.24. The highest BCUT2D eigenvalue weighted by molar-refractivity contribution is 6.30. The summed E-state index contributed by atoms with van der Waals surface area (Å²) in [4.78, 5) is 29.3. The van der Waals surface area contributed by atoms with E-state index in [1.807, 2.05) is 35.2 Å². The lowest BCUT2D eigenvalue weighted by Gasteiger charge is -2.43. The largest absolute Gasteiger partial charge is 0.339 e. The first kappa shape index (κ1) is 16.9. The maximum Gasteiger partial charge on any atom is 0.253 e. The minimum atomic E-state index is -0.571. The van der Waals surface area contributed by atoms with Gasteiger partial charge >= 0.3 is 0 Å². The van der Waals surface area contributed by atoms with Crippen LogP contribution in [0.25, 0.3) is 0 Å². The zero-order valence-corrected chi connectivity index (χ0v) is 15.1. The second kappa shape index (κ2) is 6.65. The van der Waals surface area contributed by atoms with Gasteiger partial charge in [0.15, 0.2) is 0 Å². The molecule has 2 amide bonds. The van der Waals surface area contributed by atoms with Crippen molar-refractivity contribution in [3.8, 4) is 0 Å². The second-order valence-electron chi connectivity index (χ2n) is 6.76. The van der Waals surface area contributed by atoms with Gasteiger partial charge in [-0.3, -0.25) is 9.59 Å². The van der Waals surface area contributed by atoms with Crippen molar-refractivity contribution in [2.24, 2.45) is 0 Å². The highest BCUT2D eigenvalue weighted by Gasteiger charge is 2.50. The van der Waals surface area contributed by atoms with E-state index in [-0.39, 0.29) is 11.8 Å². The number of hydrogen-bond donors (Lipinski definition) is 1. The number of piperidine rings is 1. The van der Waals surface area contributed by atoms with E-state index in [0.29, 0.717) is 43.2 Å². The van der Waals surface area contributed by atoms with Crippen LogP contribution in [0.15, 0.2) is 54.6 Å². The Morgan fingerprint density at radius 3 is 2.31 bits per heavy atom. The van der Waals surface area contributed by atoms with Crippen molar-refractivity contribution >= 4 is 29.1 Å². The number of nitrogens with zero attached hydrogens (tertiary/aromatic N) is 2. The van der Waals surface area contributed by atoms with Crippen LogP contribution in [0.3, 0.4) is 0 Å². The van der Waals surface area contributed by atoms with Gasteiger partial charge in [-0.2, -0.15) is 0 Å². The summed E-state index contributed by atoms with van der Waals surface area (Å²) >= 11 is 5.90. The number of halogens is 1. The van der Waals surface area contributed by atoms with Crippen LogP contribution in [0.5, 0.6) is 0 Å². The average Bonchev–Trinajstić information content (AvgIpc) is 2.99. The number of para-hydroxylation sites is 1. The van der Waals surface area contributed by atoms with E-state index in [0.717, 1.165) is 5.69 Å². The molecule has 2 aliphatic heterocycles. The van der Waals surface area contributed by atoms with Gasteiger partial charge in [0.1, 0.15) is 5.54 Å². The Labute approximate surface area is 157 Å². The summed E-state index contributed by atoms with van der Waals surface area (Å²) < 4.78 is 0. The molecule has 2 heterocycles. The van der Waals surface area contributed by atoms with Crippen molar-refractivity contribution in [1.29, 1.82) is 0 Å². The third-order valence-corrected chi connectivity index (χ3v) is 5.63. The fourth-order valence-corrected chi connectivity index (χ4v) is 4.01. The number of carbonyl (C=O) groups is 2. The van der Waals surface area contributed by atoms with E-state index >= 15 is 0 Å². The third-order valence-electron chi connectivity index (χ3n) is 5.37. The summed E-state index contributed by atoms with van der Waals surface area (Å²) in [6.45, 7) is 1.62. The molecule has 1 spiro atoms. The van der Waals surface area contributed by atoms with Gasteiger partial charge in [0.25, 0.3) is 5.91 Å². The van der Waals surface area contributed by atoms with Gasteiger partial charge in [-0.25, -0.2) is 0 Å². The van der Waals surface area contributed by atoms with Crippen LogP contribution in [0.2, 0.25) is 5.02 Å². The molecule has 2 fully saturated rings. The van der Waals surface area contributed by atoms with Gasteiger partial charge in [0.05, 0.1) is 6.67 Å². The van der Waals surface area contributed by atoms with E-state index in [1.54, 1.807) is 24.3 Å². The molecule has 2 aliphatic rings. The molecule has 26 heavy (non-hydrogen) atoms. The van der Waals surface area contributed by atoms with Gasteiger partial charge in [-0.15, -0.1) is 0 Å². The van der Waals surface area contributed by atoms with Crippen molar-refractivity contribution in [3.05, 3.63) is 65.2 Å². The van der Waals surface area contributed by atoms with Crippen LogP contribution in [0.1, 0.15) is 23.2 Å². The molecular formula is C20H20ClN3O2. The fourth-order valence-electron chi connectivity index (χ4n) is 3.89. The van der Waals surface area contributed by atoms with Crippen molar-refractivity contribution in [2.45, 2.75) is 18.4 Å². The molecule has 0 radical (unpaired) electrons. The lowest BCUT2D eigenvalue weighted by Crippen LogP contribution is -2.57. The minimum Gasteiger partial charge on any atom is -0.339 e. The lowest BCUT2D eigenvalue weighted by molar-refractivity contribution is -0.124. The van der Waals surface area contributed by atoms with Crippen LogP contribution < -0.4 is 10.2 Å². The molecule has 4 rings (SSSR count). The molecule has 1 N–H and O–H groups in total. The number of carbonyl (C=O) groups excluding carboxylic acids is 2. The number of nitrogens with one attached hydrogen (secondary N) is 1. The smallest absolute Gasteiger partial charge is 0.253 e. The number of likely N-dealkylation sites (tertiary alicyclic amines) is 1. The van der Waals surface area contributed by atoms with Crippen molar-refractivity contribution < 1.29 is 9.59 Å². The monoisotopic (exact) mass is 369 g/mol. The summed E-state index contributed by atoms with van der Waals surface area (Å²) in [7, 11) is 0. The Morgan fingerprint density at radius 2 is 1.65 bits per heavy atom. The Bertz CT molecular complexity index is 815. The predicted molar refractivity (Wildman–Crippen MR) is 101 cm³/mol. The zero-order chi connectivity index (χ0) is 18.1. The van der Waals surface area contributed by atoms with Gasteiger partial charge in [0.2, 0.25) is 5.91 Å². The third kappa shape index (κ3) is 2.82. The number of amides is 2. The van der Waals surface area contributed by atoms with Gasteiger partial charge in [-0.1, -0.05) is 29.8 Å². The Morgan fingerprint density at radius 1 is 1.00 bits per heavy atom. The SMILES string of the molecule is O=C(c1ccc(Cl)cc1)N1CCC2(CC1)C(=O)NCN2c1ccccc1. The summed E-state index contributed by atoms with van der Waals surface area (Å²) in [5.41, 5.74) is 1.09. The van der Waals surface area contributed by atoms with Crippen molar-refractivity contribution in [3.63, 3.8) is 0 Å². The molecule has 2 saturated heterocycles. The van der Waals surface area contributed by atoms with E-state index in [1.165, 1.54) is 0 Å². The Balaban J connectivity index is 1.52. The van der Waals surface area contributed by atoms with Crippen molar-refractivity contribution in [2.75, 3.05) is 24.7 Å². The minimum absolute atomic E-state index is 0.0128. The van der Waals surface area contributed by atoms with Gasteiger partial charge in [0, 0.05) is 29.4 Å². The maximum atomic E-state index is 12.7. The fraction of sp³-hybridized carbons (Fsp3) is 0.300.